The molecule has 1 saturated carbocycles. The minimum Gasteiger partial charge on any atom is -0.326 e. The number of para-hydroxylation sites is 1. The zero-order valence-corrected chi connectivity index (χ0v) is 16.9. The number of aromatic nitrogens is 2. The van der Waals surface area contributed by atoms with Gasteiger partial charge >= 0.3 is 0 Å². The number of benzene rings is 1. The number of rotatable bonds is 6. The SMILES string of the molecule is C=CCn1c(SCC(=O)N(C)C2(C#N)CCCCC2)nc2ccccc2c1=O. The number of fused-ring (bicyclic) bond motifs is 1. The summed E-state index contributed by atoms with van der Waals surface area (Å²) in [4.78, 5) is 31.8. The lowest BCUT2D eigenvalue weighted by molar-refractivity contribution is -0.131. The molecule has 1 amide bonds. The van der Waals surface area contributed by atoms with Gasteiger partial charge in [0.05, 0.1) is 22.7 Å². The molecule has 1 aliphatic rings. The van der Waals surface area contributed by atoms with Gasteiger partial charge in [0.25, 0.3) is 5.56 Å². The molecule has 1 aliphatic carbocycles. The Morgan fingerprint density at radius 3 is 2.79 bits per heavy atom. The van der Waals surface area contributed by atoms with Crippen molar-refractivity contribution in [2.75, 3.05) is 12.8 Å². The quantitative estimate of drug-likeness (QED) is 0.425. The average molecular weight is 397 g/mol. The molecule has 3 rings (SSSR count). The number of carbonyl (C=O) groups is 1. The van der Waals surface area contributed by atoms with E-state index in [1.165, 1.54) is 16.3 Å². The van der Waals surface area contributed by atoms with Crippen LogP contribution < -0.4 is 5.56 Å². The Kier molecular flexibility index (Phi) is 6.20. The third-order valence-electron chi connectivity index (χ3n) is 5.37. The standard InChI is InChI=1S/C21H24N4O2S/c1-3-13-25-19(27)16-9-5-6-10-17(16)23-20(25)28-14-18(26)24(2)21(15-22)11-7-4-8-12-21/h3,5-6,9-10H,1,4,7-8,11-14H2,2H3. The Labute approximate surface area is 168 Å². The maximum absolute atomic E-state index is 12.8. The van der Waals surface area contributed by atoms with Crippen LogP contribution in [0.25, 0.3) is 10.9 Å². The van der Waals surface area contributed by atoms with Gasteiger partial charge in [-0.2, -0.15) is 5.26 Å². The number of hydrogen-bond acceptors (Lipinski definition) is 5. The fourth-order valence-corrected chi connectivity index (χ4v) is 4.59. The summed E-state index contributed by atoms with van der Waals surface area (Å²) in [6.07, 6.45) is 6.10. The molecule has 0 saturated heterocycles. The molecule has 0 unspecified atom stereocenters. The van der Waals surface area contributed by atoms with E-state index < -0.39 is 5.54 Å². The number of nitriles is 1. The van der Waals surface area contributed by atoms with Gasteiger partial charge in [-0.25, -0.2) is 4.98 Å². The molecule has 1 aromatic carbocycles. The van der Waals surface area contributed by atoms with Gasteiger partial charge in [0.1, 0.15) is 5.54 Å². The molecule has 0 spiro atoms. The van der Waals surface area contributed by atoms with Gasteiger partial charge in [-0.05, 0) is 25.0 Å². The summed E-state index contributed by atoms with van der Waals surface area (Å²) >= 11 is 1.23. The van der Waals surface area contributed by atoms with Crippen molar-refractivity contribution in [2.24, 2.45) is 0 Å². The van der Waals surface area contributed by atoms with Crippen LogP contribution in [-0.2, 0) is 11.3 Å². The van der Waals surface area contributed by atoms with Crippen molar-refractivity contribution in [1.82, 2.24) is 14.5 Å². The van der Waals surface area contributed by atoms with Gasteiger partial charge in [0.15, 0.2) is 5.16 Å². The van der Waals surface area contributed by atoms with Crippen LogP contribution in [0.5, 0.6) is 0 Å². The maximum atomic E-state index is 12.8. The molecule has 6 nitrogen and oxygen atoms in total. The van der Waals surface area contributed by atoms with Gasteiger partial charge in [0.2, 0.25) is 5.91 Å². The van der Waals surface area contributed by atoms with E-state index in [1.807, 2.05) is 6.07 Å². The number of carbonyl (C=O) groups excluding carboxylic acids is 1. The van der Waals surface area contributed by atoms with Gasteiger partial charge in [-0.15, -0.1) is 6.58 Å². The monoisotopic (exact) mass is 396 g/mol. The molecule has 2 aromatic rings. The summed E-state index contributed by atoms with van der Waals surface area (Å²) in [6.45, 7) is 4.04. The van der Waals surface area contributed by atoms with Gasteiger partial charge < -0.3 is 4.90 Å². The summed E-state index contributed by atoms with van der Waals surface area (Å²) in [6, 6.07) is 9.55. The Bertz CT molecular complexity index is 986. The lowest BCUT2D eigenvalue weighted by atomic mass is 9.81. The number of allylic oxidation sites excluding steroid dienone is 1. The summed E-state index contributed by atoms with van der Waals surface area (Å²) < 4.78 is 1.54. The normalized spacial score (nSPS) is 15.7. The van der Waals surface area contributed by atoms with Crippen molar-refractivity contribution >= 4 is 28.6 Å². The highest BCUT2D eigenvalue weighted by Crippen LogP contribution is 2.33. The van der Waals surface area contributed by atoms with Crippen LogP contribution in [0.3, 0.4) is 0 Å². The van der Waals surface area contributed by atoms with Gasteiger partial charge in [-0.1, -0.05) is 49.2 Å². The summed E-state index contributed by atoms with van der Waals surface area (Å²) in [5.74, 6) is 0.00277. The van der Waals surface area contributed by atoms with Gasteiger partial charge in [0, 0.05) is 13.6 Å². The zero-order valence-electron chi connectivity index (χ0n) is 16.1. The van der Waals surface area contributed by atoms with E-state index in [1.54, 1.807) is 36.2 Å². The minimum atomic E-state index is -0.715. The highest BCUT2D eigenvalue weighted by Gasteiger charge is 2.38. The summed E-state index contributed by atoms with van der Waals surface area (Å²) in [5, 5.41) is 10.7. The first-order chi connectivity index (χ1) is 13.5. The molecule has 0 radical (unpaired) electrons. The Morgan fingerprint density at radius 2 is 2.11 bits per heavy atom. The van der Waals surface area contributed by atoms with E-state index in [4.69, 9.17) is 0 Å². The molecule has 0 atom stereocenters. The molecule has 0 N–H and O–H groups in total. The molecule has 1 heterocycles. The largest absolute Gasteiger partial charge is 0.326 e. The molecule has 0 aliphatic heterocycles. The van der Waals surface area contributed by atoms with E-state index in [9.17, 15) is 14.9 Å². The molecule has 0 bridgehead atoms. The zero-order chi connectivity index (χ0) is 20.1. The lowest BCUT2D eigenvalue weighted by Crippen LogP contribution is -2.50. The second-order valence-electron chi connectivity index (χ2n) is 7.06. The molecule has 28 heavy (non-hydrogen) atoms. The first-order valence-electron chi connectivity index (χ1n) is 9.43. The second kappa shape index (κ2) is 8.61. The first kappa shape index (κ1) is 20.2. The van der Waals surface area contributed by atoms with E-state index in [0.717, 1.165) is 19.3 Å². The fourth-order valence-electron chi connectivity index (χ4n) is 3.67. The third kappa shape index (κ3) is 3.83. The Hall–Kier alpha value is -2.59. The highest BCUT2D eigenvalue weighted by atomic mass is 32.2. The highest BCUT2D eigenvalue weighted by molar-refractivity contribution is 7.99. The molecule has 7 heteroatoms. The molecule has 146 valence electrons. The van der Waals surface area contributed by atoms with Crippen molar-refractivity contribution in [3.05, 3.63) is 47.3 Å². The van der Waals surface area contributed by atoms with E-state index in [0.29, 0.717) is 35.4 Å². The molecular formula is C21H24N4O2S. The summed E-state index contributed by atoms with van der Waals surface area (Å²) in [7, 11) is 1.71. The summed E-state index contributed by atoms with van der Waals surface area (Å²) in [5.41, 5.74) is -0.250. The van der Waals surface area contributed by atoms with Crippen LogP contribution in [-0.4, -0.2) is 38.7 Å². The Balaban J connectivity index is 1.83. The van der Waals surface area contributed by atoms with E-state index >= 15 is 0 Å². The van der Waals surface area contributed by atoms with Crippen LogP contribution >= 0.6 is 11.8 Å². The minimum absolute atomic E-state index is 0.124. The van der Waals surface area contributed by atoms with Crippen molar-refractivity contribution in [1.29, 1.82) is 5.26 Å². The van der Waals surface area contributed by atoms with E-state index in [-0.39, 0.29) is 17.2 Å². The number of thioether (sulfide) groups is 1. The first-order valence-corrected chi connectivity index (χ1v) is 10.4. The van der Waals surface area contributed by atoms with E-state index in [2.05, 4.69) is 17.6 Å². The van der Waals surface area contributed by atoms with Crippen LogP contribution in [0.15, 0.2) is 46.9 Å². The molecule has 1 fully saturated rings. The second-order valence-corrected chi connectivity index (χ2v) is 8.00. The average Bonchev–Trinajstić information content (AvgIpc) is 2.74. The van der Waals surface area contributed by atoms with Crippen molar-refractivity contribution < 1.29 is 4.79 Å². The molecule has 1 aromatic heterocycles. The predicted molar refractivity (Wildman–Crippen MR) is 111 cm³/mol. The fraction of sp³-hybridized carbons (Fsp3) is 0.429. The van der Waals surface area contributed by atoms with Gasteiger partial charge in [-0.3, -0.25) is 14.2 Å². The maximum Gasteiger partial charge on any atom is 0.262 e. The number of nitrogens with zero attached hydrogens (tertiary/aromatic N) is 4. The van der Waals surface area contributed by atoms with Crippen molar-refractivity contribution in [2.45, 2.75) is 49.3 Å². The lowest BCUT2D eigenvalue weighted by Gasteiger charge is -2.39. The van der Waals surface area contributed by atoms with Crippen LogP contribution in [0.1, 0.15) is 32.1 Å². The van der Waals surface area contributed by atoms with Crippen LogP contribution in [0.4, 0.5) is 0 Å². The Morgan fingerprint density at radius 1 is 1.39 bits per heavy atom. The predicted octanol–water partition coefficient (Wildman–Crippen LogP) is 3.36. The third-order valence-corrected chi connectivity index (χ3v) is 6.33. The van der Waals surface area contributed by atoms with Crippen molar-refractivity contribution in [3.8, 4) is 6.07 Å². The number of hydrogen-bond donors (Lipinski definition) is 0. The van der Waals surface area contributed by atoms with Crippen LogP contribution in [0, 0.1) is 11.3 Å². The van der Waals surface area contributed by atoms with Crippen LogP contribution in [0.2, 0.25) is 0 Å². The molecular weight excluding hydrogens is 372 g/mol. The topological polar surface area (TPSA) is 79.0 Å². The number of amides is 1. The van der Waals surface area contributed by atoms with Crippen molar-refractivity contribution in [3.63, 3.8) is 0 Å². The smallest absolute Gasteiger partial charge is 0.262 e.